The Balaban J connectivity index is -0.0000120. The smallest absolute Gasteiger partial charge is 0.323 e. The highest BCUT2D eigenvalue weighted by Gasteiger charge is 2.39. The quantitative estimate of drug-likeness (QED) is 0.0210. The third-order valence-corrected chi connectivity index (χ3v) is 16.2. The van der Waals surface area contributed by atoms with Crippen LogP contribution in [0.3, 0.4) is 0 Å². The topological polar surface area (TPSA) is 210 Å². The van der Waals surface area contributed by atoms with Crippen molar-refractivity contribution < 1.29 is 38.2 Å². The predicted octanol–water partition coefficient (Wildman–Crippen LogP) is 12.3. The monoisotopic (exact) mass is 1440 g/mol. The SMILES string of the molecule is Cl.Cl.Cl.Cl.Cl.Cl.N[C@@H](Cc1ccc(N(CCCl)CCCl)cc1)C(=O)OCCN1C(=O)CC(NCCCCCCCCCCCCCCCCCCCCCCCCNC2CC(=O)N(CCOC(=O)[C@@H](N)Cc3ccc(N(CCCl)CCCl)cc3)C2=O)C1=O. The Morgan fingerprint density at radius 1 is 0.443 bits per heavy atom. The summed E-state index contributed by atoms with van der Waals surface area (Å²) in [4.78, 5) is 82.8. The lowest BCUT2D eigenvalue weighted by molar-refractivity contribution is -0.149. The third kappa shape index (κ3) is 35.9. The molecule has 2 aromatic carbocycles. The molecule has 88 heavy (non-hydrogen) atoms. The van der Waals surface area contributed by atoms with Crippen LogP contribution in [0.2, 0.25) is 0 Å². The Bertz CT molecular complexity index is 1990. The van der Waals surface area contributed by atoms with Crippen molar-refractivity contribution in [3.05, 3.63) is 59.7 Å². The number of hydrogen-bond acceptors (Lipinski definition) is 14. The molecule has 2 fully saturated rings. The van der Waals surface area contributed by atoms with Gasteiger partial charge in [-0.1, -0.05) is 153 Å². The van der Waals surface area contributed by atoms with Gasteiger partial charge in [-0.05, 0) is 74.2 Å². The first-order chi connectivity index (χ1) is 39.9. The number of unbranched alkanes of at least 4 members (excludes halogenated alkanes) is 21. The van der Waals surface area contributed by atoms with E-state index in [-0.39, 0.29) is 137 Å². The molecule has 0 bridgehead atoms. The van der Waals surface area contributed by atoms with Crippen molar-refractivity contribution in [3.8, 4) is 0 Å². The first-order valence-electron chi connectivity index (χ1n) is 30.8. The van der Waals surface area contributed by atoms with Crippen molar-refractivity contribution in [2.75, 3.05) is 98.9 Å². The fourth-order valence-electron chi connectivity index (χ4n) is 10.7. The first-order valence-corrected chi connectivity index (χ1v) is 33.0. The maximum atomic E-state index is 12.9. The number of carbonyl (C=O) groups excluding carboxylic acids is 6. The van der Waals surface area contributed by atoms with Crippen LogP contribution in [0.4, 0.5) is 11.4 Å². The van der Waals surface area contributed by atoms with Gasteiger partial charge in [-0.3, -0.25) is 38.6 Å². The van der Waals surface area contributed by atoms with Crippen LogP contribution in [0.15, 0.2) is 48.5 Å². The van der Waals surface area contributed by atoms with E-state index >= 15 is 0 Å². The number of carbonyl (C=O) groups is 6. The van der Waals surface area contributed by atoms with Crippen molar-refractivity contribution >= 4 is 168 Å². The molecule has 0 aliphatic carbocycles. The number of nitrogens with one attached hydrogen (secondary N) is 2. The molecule has 0 spiro atoms. The van der Waals surface area contributed by atoms with Crippen LogP contribution in [-0.4, -0.2) is 159 Å². The van der Waals surface area contributed by atoms with Gasteiger partial charge in [-0.15, -0.1) is 121 Å². The highest BCUT2D eigenvalue weighted by atomic mass is 35.5. The van der Waals surface area contributed by atoms with E-state index < -0.39 is 36.1 Å². The molecule has 2 heterocycles. The highest BCUT2D eigenvalue weighted by Crippen LogP contribution is 2.21. The zero-order valence-electron chi connectivity index (χ0n) is 51.4. The van der Waals surface area contributed by atoms with E-state index in [1.807, 2.05) is 48.5 Å². The van der Waals surface area contributed by atoms with Crippen LogP contribution < -0.4 is 31.9 Å². The third-order valence-electron chi connectivity index (χ3n) is 15.5. The summed E-state index contributed by atoms with van der Waals surface area (Å²) in [7, 11) is 0. The molecule has 2 saturated heterocycles. The van der Waals surface area contributed by atoms with Crippen molar-refractivity contribution in [2.45, 2.75) is 191 Å². The fraction of sp³-hybridized carbons (Fsp3) is 0.710. The Kier molecular flexibility index (Phi) is 56.8. The van der Waals surface area contributed by atoms with Crippen molar-refractivity contribution in [1.29, 1.82) is 0 Å². The molecule has 4 atom stereocenters. The lowest BCUT2D eigenvalue weighted by atomic mass is 10.0. The maximum absolute atomic E-state index is 12.9. The van der Waals surface area contributed by atoms with Crippen molar-refractivity contribution in [3.63, 3.8) is 0 Å². The number of alkyl halides is 4. The first kappa shape index (κ1) is 90.2. The Morgan fingerprint density at radius 3 is 0.943 bits per heavy atom. The molecule has 26 heteroatoms. The number of amides is 4. The number of anilines is 2. The molecule has 2 unspecified atom stereocenters. The number of hydrogen-bond donors (Lipinski definition) is 4. The van der Waals surface area contributed by atoms with E-state index in [1.54, 1.807) is 0 Å². The van der Waals surface area contributed by atoms with E-state index in [0.717, 1.165) is 48.2 Å². The average molecular weight is 1440 g/mol. The molecule has 4 amide bonds. The zero-order chi connectivity index (χ0) is 59.2. The minimum Gasteiger partial charge on any atom is -0.463 e. The summed E-state index contributed by atoms with van der Waals surface area (Å²) in [5.41, 5.74) is 16.0. The normalized spacial score (nSPS) is 15.0. The Labute approximate surface area is 583 Å². The lowest BCUT2D eigenvalue weighted by Crippen LogP contribution is -2.41. The van der Waals surface area contributed by atoms with E-state index in [9.17, 15) is 28.8 Å². The molecule has 16 nitrogen and oxygen atoms in total. The van der Waals surface area contributed by atoms with Gasteiger partial charge in [-0.25, -0.2) is 0 Å². The van der Waals surface area contributed by atoms with Crippen LogP contribution in [-0.2, 0) is 51.1 Å². The van der Waals surface area contributed by atoms with Crippen LogP contribution in [0, 0.1) is 0 Å². The van der Waals surface area contributed by atoms with Gasteiger partial charge >= 0.3 is 11.9 Å². The van der Waals surface area contributed by atoms with Crippen molar-refractivity contribution in [2.24, 2.45) is 11.5 Å². The number of imide groups is 2. The molecule has 0 radical (unpaired) electrons. The van der Waals surface area contributed by atoms with Crippen LogP contribution >= 0.6 is 121 Å². The van der Waals surface area contributed by atoms with Gasteiger partial charge in [0, 0.05) is 61.1 Å². The van der Waals surface area contributed by atoms with Gasteiger partial charge in [-0.2, -0.15) is 0 Å². The minimum atomic E-state index is -0.867. The van der Waals surface area contributed by atoms with E-state index in [4.69, 9.17) is 67.3 Å². The summed E-state index contributed by atoms with van der Waals surface area (Å²) < 4.78 is 10.7. The summed E-state index contributed by atoms with van der Waals surface area (Å²) in [5, 5.41) is 6.53. The number of benzene rings is 2. The van der Waals surface area contributed by atoms with Gasteiger partial charge < -0.3 is 41.4 Å². The van der Waals surface area contributed by atoms with Crippen molar-refractivity contribution in [1.82, 2.24) is 20.4 Å². The maximum Gasteiger partial charge on any atom is 0.323 e. The number of likely N-dealkylation sites (tertiary alicyclic amines) is 2. The summed E-state index contributed by atoms with van der Waals surface area (Å²) >= 11 is 23.7. The highest BCUT2D eigenvalue weighted by molar-refractivity contribution is 6.19. The predicted molar refractivity (Wildman–Crippen MR) is 377 cm³/mol. The number of nitrogens with two attached hydrogens (primary N) is 2. The number of rotatable bonds is 49. The molecule has 2 aliphatic heterocycles. The largest absolute Gasteiger partial charge is 0.463 e. The molecule has 2 aromatic rings. The standard InChI is InChI=1S/C62H98Cl4N8O8.6ClH/c63-31-37-71(38-32-64)51-27-23-49(24-28-51)45-53(67)61(79)81-43-41-73-57(75)47-55(59(73)77)69-35-21-19-17-15-13-11-9-7-5-3-1-2-4-6-8-10-12-14-16-18-20-22-36-70-56-48-58(76)74(60(56)78)42-44-82-62(80)54(68)46-50-25-29-52(30-26-50)72(39-33-65)40-34-66;;;;;;/h23-30,53-56,69-70H,1-22,31-48,67-68H2;6*1H/t53-,54-,55?,56?;;;;;;/m0....../s1. The Morgan fingerprint density at radius 2 is 0.693 bits per heavy atom. The number of halogens is 10. The fourth-order valence-corrected chi connectivity index (χ4v) is 11.5. The van der Waals surface area contributed by atoms with Crippen LogP contribution in [0.25, 0.3) is 0 Å². The molecule has 0 aromatic heterocycles. The lowest BCUT2D eigenvalue weighted by Gasteiger charge is -2.23. The van der Waals surface area contributed by atoms with Gasteiger partial charge in [0.25, 0.3) is 0 Å². The molecule has 510 valence electrons. The van der Waals surface area contributed by atoms with Gasteiger partial charge in [0.2, 0.25) is 23.6 Å². The molecular weight excluding hydrogens is 1340 g/mol. The summed E-state index contributed by atoms with van der Waals surface area (Å²) in [6.07, 6.45) is 28.2. The summed E-state index contributed by atoms with van der Waals surface area (Å²) in [6, 6.07) is 12.7. The zero-order valence-corrected chi connectivity index (χ0v) is 59.3. The molecule has 4 rings (SSSR count). The molecule has 2 aliphatic rings. The molecular formula is C62H104Cl10N8O8. The molecule has 6 N–H and O–H groups in total. The Hall–Kier alpha value is -2.00. The average Bonchev–Trinajstić information content (AvgIpc) is 4.10. The van der Waals surface area contributed by atoms with Crippen LogP contribution in [0.1, 0.15) is 165 Å². The van der Waals surface area contributed by atoms with E-state index in [2.05, 4.69) is 20.4 Å². The van der Waals surface area contributed by atoms with Crippen LogP contribution in [0.5, 0.6) is 0 Å². The van der Waals surface area contributed by atoms with Gasteiger partial charge in [0.05, 0.1) is 38.0 Å². The van der Waals surface area contributed by atoms with Gasteiger partial charge in [0.1, 0.15) is 25.3 Å². The number of esters is 2. The summed E-state index contributed by atoms with van der Waals surface area (Å²) in [6.45, 7) is 3.96. The second kappa shape index (κ2) is 55.5. The molecule has 0 saturated carbocycles. The minimum absolute atomic E-state index is 0. The number of ether oxygens (including phenoxy) is 2. The number of nitrogens with zero attached hydrogens (tertiary/aromatic N) is 4. The van der Waals surface area contributed by atoms with E-state index in [0.29, 0.717) is 75.6 Å². The van der Waals surface area contributed by atoms with Gasteiger partial charge in [0.15, 0.2) is 0 Å². The second-order valence-electron chi connectivity index (χ2n) is 22.0. The van der Waals surface area contributed by atoms with E-state index in [1.165, 1.54) is 125 Å². The summed E-state index contributed by atoms with van der Waals surface area (Å²) in [5.74, 6) is -0.233. The second-order valence-corrected chi connectivity index (χ2v) is 23.5.